The van der Waals surface area contributed by atoms with Crippen molar-refractivity contribution >= 4 is 101 Å². The van der Waals surface area contributed by atoms with Crippen LogP contribution >= 0.6 is 101 Å². The van der Waals surface area contributed by atoms with Crippen LogP contribution in [0.1, 0.15) is 41.5 Å². The summed E-state index contributed by atoms with van der Waals surface area (Å²) < 4.78 is 20.0. The highest BCUT2D eigenvalue weighted by molar-refractivity contribution is 9.10. The van der Waals surface area contributed by atoms with E-state index in [1.807, 2.05) is 24.3 Å². The number of pyridine rings is 5. The van der Waals surface area contributed by atoms with E-state index in [1.165, 1.54) is 0 Å². The van der Waals surface area contributed by atoms with Gasteiger partial charge < -0.3 is 14.2 Å². The molecule has 0 amide bonds. The van der Waals surface area contributed by atoms with Crippen molar-refractivity contribution in [2.45, 2.75) is 51.3 Å². The lowest BCUT2D eigenvalue weighted by molar-refractivity contribution is 0.270. The largest absolute Gasteiger partial charge is 0.493 e. The van der Waals surface area contributed by atoms with Crippen molar-refractivity contribution in [2.24, 2.45) is 17.8 Å². The van der Waals surface area contributed by atoms with E-state index >= 15 is 0 Å². The molecule has 0 aromatic carbocycles. The first kappa shape index (κ1) is 51.5. The van der Waals surface area contributed by atoms with Crippen molar-refractivity contribution in [2.75, 3.05) is 32.3 Å². The first-order chi connectivity index (χ1) is 34.2. The van der Waals surface area contributed by atoms with Crippen LogP contribution in [0.5, 0.6) is 17.2 Å². The Kier molecular flexibility index (Phi) is 16.8. The molecule has 0 aliphatic heterocycles. The average molecular weight is 1180 g/mol. The van der Waals surface area contributed by atoms with Gasteiger partial charge in [0.1, 0.15) is 26.5 Å². The lowest BCUT2D eigenvalue weighted by Gasteiger charge is -2.11. The predicted octanol–water partition coefficient (Wildman–Crippen LogP) is 18.3. The Labute approximate surface area is 457 Å². The highest BCUT2D eigenvalue weighted by Gasteiger charge is 2.19. The molecule has 0 saturated carbocycles. The number of rotatable bonds is 19. The lowest BCUT2D eigenvalue weighted by Crippen LogP contribution is -2.05. The molecule has 9 heterocycles. The highest BCUT2D eigenvalue weighted by atomic mass is 79.9. The van der Waals surface area contributed by atoms with Crippen molar-refractivity contribution in [1.29, 1.82) is 0 Å². The van der Waals surface area contributed by atoms with Crippen LogP contribution in [-0.2, 0) is 0 Å². The standard InChI is InChI=1S/C55H51Br2N5O3S6/c1-30(2)27-63-33-17-38(46-9-13-50(68-46)42-23-36(66-7)25-44(59-42)52-15-11-48(70-52)40-19-34(21-54(56)61-40)64-28-31(3)4)58-39(18-33)47-10-14-51(69-47)43-24-37(67-8)26-45(60-43)53-16-12-49(71-53)41-20-35(22-55(57)62-41)65-29-32(5)6/h9-26,30-32H,27-29H2,1-8H3. The second kappa shape index (κ2) is 23.2. The van der Waals surface area contributed by atoms with Gasteiger partial charge in [-0.15, -0.1) is 68.9 Å². The Morgan fingerprint density at radius 2 is 0.592 bits per heavy atom. The fourth-order valence-corrected chi connectivity index (χ4v) is 12.7. The quantitative estimate of drug-likeness (QED) is 0.0576. The van der Waals surface area contributed by atoms with E-state index in [9.17, 15) is 0 Å². The van der Waals surface area contributed by atoms with Crippen molar-refractivity contribution in [3.8, 4) is 102 Å². The maximum atomic E-state index is 6.41. The van der Waals surface area contributed by atoms with E-state index in [2.05, 4.69) is 171 Å². The molecule has 9 aromatic rings. The van der Waals surface area contributed by atoms with Crippen LogP contribution in [0, 0.1) is 17.8 Å². The summed E-state index contributed by atoms with van der Waals surface area (Å²) in [7, 11) is 0. The van der Waals surface area contributed by atoms with Crippen molar-refractivity contribution in [3.05, 3.63) is 118 Å². The Bertz CT molecular complexity index is 3100. The maximum Gasteiger partial charge on any atom is 0.124 e. The first-order valence-electron chi connectivity index (χ1n) is 23.1. The van der Waals surface area contributed by atoms with Gasteiger partial charge in [-0.3, -0.25) is 0 Å². The zero-order chi connectivity index (χ0) is 49.8. The molecule has 0 unspecified atom stereocenters. The molecular formula is C55H51Br2N5O3S6. The third kappa shape index (κ3) is 13.1. The summed E-state index contributed by atoms with van der Waals surface area (Å²) in [6, 6.07) is 37.7. The number of hydrogen-bond donors (Lipinski definition) is 0. The maximum absolute atomic E-state index is 6.41. The normalized spacial score (nSPS) is 11.6. The van der Waals surface area contributed by atoms with Crippen molar-refractivity contribution in [1.82, 2.24) is 24.9 Å². The summed E-state index contributed by atoms with van der Waals surface area (Å²) in [5.41, 5.74) is 7.11. The summed E-state index contributed by atoms with van der Waals surface area (Å²) in [4.78, 5) is 36.1. The summed E-state index contributed by atoms with van der Waals surface area (Å²) in [6.07, 6.45) is 4.21. The number of aromatic nitrogens is 5. The molecule has 16 heteroatoms. The average Bonchev–Trinajstić information content (AvgIpc) is 4.22. The fourth-order valence-electron chi connectivity index (χ4n) is 7.20. The Balaban J connectivity index is 0.995. The van der Waals surface area contributed by atoms with E-state index < -0.39 is 0 Å². The first-order valence-corrected chi connectivity index (χ1v) is 30.4. The van der Waals surface area contributed by atoms with E-state index in [4.69, 9.17) is 39.1 Å². The van der Waals surface area contributed by atoms with Gasteiger partial charge in [0.2, 0.25) is 0 Å². The Morgan fingerprint density at radius 1 is 0.366 bits per heavy atom. The van der Waals surface area contributed by atoms with Crippen LogP contribution in [0.3, 0.4) is 0 Å². The van der Waals surface area contributed by atoms with Gasteiger partial charge in [0.05, 0.1) is 104 Å². The zero-order valence-corrected chi connectivity index (χ0v) is 48.5. The van der Waals surface area contributed by atoms with Crippen LogP contribution in [0.4, 0.5) is 0 Å². The van der Waals surface area contributed by atoms with E-state index in [0.717, 1.165) is 121 Å². The van der Waals surface area contributed by atoms with E-state index in [0.29, 0.717) is 37.6 Å². The summed E-state index contributed by atoms with van der Waals surface area (Å²) in [5, 5.41) is 0. The highest BCUT2D eigenvalue weighted by Crippen LogP contribution is 2.43. The van der Waals surface area contributed by atoms with Crippen LogP contribution in [0.25, 0.3) is 84.6 Å². The summed E-state index contributed by atoms with van der Waals surface area (Å²) >= 11 is 17.3. The Morgan fingerprint density at radius 3 is 0.831 bits per heavy atom. The molecule has 0 bridgehead atoms. The van der Waals surface area contributed by atoms with Gasteiger partial charge in [-0.2, -0.15) is 0 Å². The van der Waals surface area contributed by atoms with Gasteiger partial charge in [-0.1, -0.05) is 41.5 Å². The molecule has 0 radical (unpaired) electrons. The second-order valence-corrected chi connectivity index (χ2v) is 25.6. The summed E-state index contributed by atoms with van der Waals surface area (Å²) in [6.45, 7) is 14.8. The molecule has 9 aromatic heterocycles. The number of nitrogens with zero attached hydrogens (tertiary/aromatic N) is 5. The van der Waals surface area contributed by atoms with Gasteiger partial charge in [0.15, 0.2) is 0 Å². The minimum Gasteiger partial charge on any atom is -0.493 e. The third-order valence-corrected chi connectivity index (χ3v) is 17.3. The minimum absolute atomic E-state index is 0.364. The molecule has 8 nitrogen and oxygen atoms in total. The molecule has 0 N–H and O–H groups in total. The fraction of sp³-hybridized carbons (Fsp3) is 0.255. The lowest BCUT2D eigenvalue weighted by atomic mass is 10.2. The predicted molar refractivity (Wildman–Crippen MR) is 310 cm³/mol. The van der Waals surface area contributed by atoms with Gasteiger partial charge in [-0.25, -0.2) is 24.9 Å². The van der Waals surface area contributed by atoms with Crippen LogP contribution in [-0.4, -0.2) is 57.3 Å². The number of thiophene rings is 4. The monoisotopic (exact) mass is 1180 g/mol. The molecular weight excluding hydrogens is 1130 g/mol. The third-order valence-electron chi connectivity index (χ3n) is 10.6. The van der Waals surface area contributed by atoms with Gasteiger partial charge in [-0.05, 0) is 135 Å². The SMILES string of the molecule is CSc1cc(-c2ccc(-c3cc(OCC(C)C)cc(Br)n3)s2)nc(-c2ccc(-c3cc(OCC(C)C)cc(-c4ccc(-c5cc(SC)cc(-c6ccc(-c7cc(OCC(C)C)cc(Br)n7)s6)n5)s4)n3)s2)c1. The molecule has 0 aliphatic rings. The molecule has 9 rings (SSSR count). The zero-order valence-electron chi connectivity index (χ0n) is 40.4. The van der Waals surface area contributed by atoms with Crippen molar-refractivity contribution < 1.29 is 14.2 Å². The van der Waals surface area contributed by atoms with E-state index in [-0.39, 0.29) is 0 Å². The van der Waals surface area contributed by atoms with Gasteiger partial charge in [0, 0.05) is 46.2 Å². The molecule has 71 heavy (non-hydrogen) atoms. The second-order valence-electron chi connectivity index (χ2n) is 17.9. The molecule has 0 spiro atoms. The topological polar surface area (TPSA) is 92.1 Å². The molecule has 0 saturated heterocycles. The Hall–Kier alpha value is -4.39. The number of thioether (sulfide) groups is 2. The van der Waals surface area contributed by atoms with Gasteiger partial charge in [0.25, 0.3) is 0 Å². The van der Waals surface area contributed by atoms with Gasteiger partial charge >= 0.3 is 0 Å². The van der Waals surface area contributed by atoms with Crippen molar-refractivity contribution in [3.63, 3.8) is 0 Å². The minimum atomic E-state index is 0.364. The molecule has 364 valence electrons. The molecule has 0 atom stereocenters. The smallest absolute Gasteiger partial charge is 0.124 e. The van der Waals surface area contributed by atoms with Crippen LogP contribution in [0.15, 0.2) is 128 Å². The number of ether oxygens (including phenoxy) is 3. The van der Waals surface area contributed by atoms with E-state index in [1.54, 1.807) is 68.9 Å². The van der Waals surface area contributed by atoms with Crippen LogP contribution < -0.4 is 14.2 Å². The number of halogens is 2. The molecule has 0 aliphatic carbocycles. The van der Waals surface area contributed by atoms with Crippen LogP contribution in [0.2, 0.25) is 0 Å². The number of hydrogen-bond acceptors (Lipinski definition) is 14. The summed E-state index contributed by atoms with van der Waals surface area (Å²) in [5.74, 6) is 3.60. The molecule has 0 fully saturated rings.